The Morgan fingerprint density at radius 2 is 1.71 bits per heavy atom. The van der Waals surface area contributed by atoms with E-state index in [4.69, 9.17) is 9.88 Å². The summed E-state index contributed by atoms with van der Waals surface area (Å²) in [4.78, 5) is 27.2. The zero-order valence-corrected chi connectivity index (χ0v) is 19.7. The van der Waals surface area contributed by atoms with Crippen LogP contribution in [0, 0.1) is 13.8 Å². The number of aryl methyl sites for hydroxylation is 1. The maximum atomic E-state index is 12.8. The number of carbonyl (C=O) groups excluding carboxylic acids is 2. The third kappa shape index (κ3) is 4.85. The van der Waals surface area contributed by atoms with Gasteiger partial charge in [0.05, 0.1) is 4.90 Å². The van der Waals surface area contributed by atoms with E-state index in [2.05, 4.69) is 15.1 Å². The highest BCUT2D eigenvalue weighted by molar-refractivity contribution is 7.89. The van der Waals surface area contributed by atoms with Crippen LogP contribution in [0.4, 0.5) is 5.82 Å². The average Bonchev–Trinajstić information content (AvgIpc) is 3.45. The Hall–Kier alpha value is -3.57. The first-order chi connectivity index (χ1) is 16.1. The molecule has 2 N–H and O–H groups in total. The van der Waals surface area contributed by atoms with E-state index in [9.17, 15) is 18.0 Å². The quantitative estimate of drug-likeness (QED) is 0.399. The molecule has 1 aliphatic heterocycles. The molecule has 0 amide bonds. The first-order valence-corrected chi connectivity index (χ1v) is 12.3. The molecule has 10 nitrogen and oxygen atoms in total. The van der Waals surface area contributed by atoms with Crippen molar-refractivity contribution in [1.82, 2.24) is 14.8 Å². The number of hydrogen-bond donors (Lipinski definition) is 1. The molecule has 0 aliphatic carbocycles. The van der Waals surface area contributed by atoms with Crippen LogP contribution < -0.4 is 10.0 Å². The molecule has 11 heteroatoms. The number of carbonyl (C=O) groups is 2. The van der Waals surface area contributed by atoms with E-state index in [0.29, 0.717) is 16.9 Å². The number of aromatic nitrogens is 3. The van der Waals surface area contributed by atoms with Crippen LogP contribution in [-0.2, 0) is 14.8 Å². The molecule has 3 heterocycles. The summed E-state index contributed by atoms with van der Waals surface area (Å²) in [6, 6.07) is 11.0. The summed E-state index contributed by atoms with van der Waals surface area (Å²) in [6.45, 7) is 4.98. The van der Waals surface area contributed by atoms with Crippen molar-refractivity contribution in [2.45, 2.75) is 31.6 Å². The number of ether oxygens (including phenoxy) is 1. The van der Waals surface area contributed by atoms with Crippen LogP contribution in [0.1, 0.15) is 45.1 Å². The van der Waals surface area contributed by atoms with Crippen LogP contribution in [0.15, 0.2) is 47.4 Å². The Morgan fingerprint density at radius 3 is 2.29 bits per heavy atom. The molecular formula is C23H25N5O5S. The van der Waals surface area contributed by atoms with Crippen molar-refractivity contribution in [3.63, 3.8) is 0 Å². The highest BCUT2D eigenvalue weighted by Gasteiger charge is 2.20. The SMILES string of the molecule is Cc1cc(C(=O)COC(=O)c2ccc(N3CCCC3)nn2)c(C)n1-c1ccc(S(N)(=O)=O)cc1. The molecule has 2 aromatic heterocycles. The minimum Gasteiger partial charge on any atom is -0.453 e. The maximum Gasteiger partial charge on any atom is 0.359 e. The number of anilines is 1. The van der Waals surface area contributed by atoms with Gasteiger partial charge in [-0.25, -0.2) is 18.4 Å². The largest absolute Gasteiger partial charge is 0.453 e. The highest BCUT2D eigenvalue weighted by atomic mass is 32.2. The third-order valence-electron chi connectivity index (χ3n) is 5.78. The number of hydrogen-bond acceptors (Lipinski definition) is 8. The number of benzene rings is 1. The zero-order chi connectivity index (χ0) is 24.5. The Balaban J connectivity index is 1.44. The van der Waals surface area contributed by atoms with Crippen molar-refractivity contribution >= 4 is 27.6 Å². The van der Waals surface area contributed by atoms with E-state index in [-0.39, 0.29) is 16.4 Å². The summed E-state index contributed by atoms with van der Waals surface area (Å²) in [5, 5.41) is 13.2. The van der Waals surface area contributed by atoms with Crippen molar-refractivity contribution in [3.05, 3.63) is 65.1 Å². The van der Waals surface area contributed by atoms with Gasteiger partial charge in [0.25, 0.3) is 0 Å². The predicted molar refractivity (Wildman–Crippen MR) is 125 cm³/mol. The molecule has 0 bridgehead atoms. The lowest BCUT2D eigenvalue weighted by atomic mass is 10.1. The van der Waals surface area contributed by atoms with Crippen LogP contribution >= 0.6 is 0 Å². The lowest BCUT2D eigenvalue weighted by molar-refractivity contribution is 0.0467. The van der Waals surface area contributed by atoms with Gasteiger partial charge in [0.15, 0.2) is 18.1 Å². The lowest BCUT2D eigenvalue weighted by Crippen LogP contribution is -2.20. The second kappa shape index (κ2) is 9.35. The minimum atomic E-state index is -3.80. The van der Waals surface area contributed by atoms with Gasteiger partial charge in [0.2, 0.25) is 15.8 Å². The number of nitrogens with two attached hydrogens (primary N) is 1. The normalized spacial score (nSPS) is 13.8. The second-order valence-corrected chi connectivity index (χ2v) is 9.69. The highest BCUT2D eigenvalue weighted by Crippen LogP contribution is 2.23. The Bertz CT molecular complexity index is 1330. The first-order valence-electron chi connectivity index (χ1n) is 10.8. The minimum absolute atomic E-state index is 0.00140. The fourth-order valence-corrected chi connectivity index (χ4v) is 4.57. The van der Waals surface area contributed by atoms with E-state index < -0.39 is 22.6 Å². The monoisotopic (exact) mass is 483 g/mol. The molecule has 0 radical (unpaired) electrons. The number of esters is 1. The fraction of sp³-hybridized carbons (Fsp3) is 0.304. The number of nitrogens with zero attached hydrogens (tertiary/aromatic N) is 4. The van der Waals surface area contributed by atoms with Crippen LogP contribution in [0.3, 0.4) is 0 Å². The molecule has 0 saturated carbocycles. The molecule has 3 aromatic rings. The van der Waals surface area contributed by atoms with E-state index in [0.717, 1.165) is 37.4 Å². The molecule has 1 saturated heterocycles. The molecule has 1 aliphatic rings. The molecular weight excluding hydrogens is 458 g/mol. The fourth-order valence-electron chi connectivity index (χ4n) is 4.06. The number of rotatable bonds is 7. The van der Waals surface area contributed by atoms with Crippen molar-refractivity contribution < 1.29 is 22.7 Å². The van der Waals surface area contributed by atoms with E-state index in [1.165, 1.54) is 12.1 Å². The molecule has 178 valence electrons. The second-order valence-electron chi connectivity index (χ2n) is 8.13. The molecule has 0 atom stereocenters. The van der Waals surface area contributed by atoms with Gasteiger partial charge in [-0.2, -0.15) is 0 Å². The Labute approximate surface area is 197 Å². The van der Waals surface area contributed by atoms with Gasteiger partial charge in [-0.05, 0) is 69.2 Å². The summed E-state index contributed by atoms with van der Waals surface area (Å²) in [5.74, 6) is -0.369. The van der Waals surface area contributed by atoms with E-state index >= 15 is 0 Å². The van der Waals surface area contributed by atoms with Gasteiger partial charge in [-0.15, -0.1) is 10.2 Å². The molecule has 1 fully saturated rings. The van der Waals surface area contributed by atoms with Crippen LogP contribution in [0.2, 0.25) is 0 Å². The lowest BCUT2D eigenvalue weighted by Gasteiger charge is -2.15. The summed E-state index contributed by atoms with van der Waals surface area (Å²) in [6.07, 6.45) is 2.21. The summed E-state index contributed by atoms with van der Waals surface area (Å²) < 4.78 is 30.0. The Morgan fingerprint density at radius 1 is 1.03 bits per heavy atom. The van der Waals surface area contributed by atoms with Gasteiger partial charge in [-0.1, -0.05) is 0 Å². The summed E-state index contributed by atoms with van der Waals surface area (Å²) in [7, 11) is -3.80. The molecule has 4 rings (SSSR count). The molecule has 0 unspecified atom stereocenters. The number of primary sulfonamides is 1. The number of ketones is 1. The van der Waals surface area contributed by atoms with Crippen LogP contribution in [0.25, 0.3) is 5.69 Å². The van der Waals surface area contributed by atoms with Crippen molar-refractivity contribution in [3.8, 4) is 5.69 Å². The van der Waals surface area contributed by atoms with Gasteiger partial charge in [0, 0.05) is 35.7 Å². The van der Waals surface area contributed by atoms with E-state index in [1.54, 1.807) is 37.3 Å². The number of Topliss-reactive ketones (excluding diaryl/α,β-unsaturated/α-hetero) is 1. The van der Waals surface area contributed by atoms with Crippen molar-refractivity contribution in [1.29, 1.82) is 0 Å². The summed E-state index contributed by atoms with van der Waals surface area (Å²) in [5.41, 5.74) is 2.51. The average molecular weight is 484 g/mol. The van der Waals surface area contributed by atoms with Gasteiger partial charge in [-0.3, -0.25) is 4.79 Å². The van der Waals surface area contributed by atoms with Gasteiger partial charge >= 0.3 is 5.97 Å². The number of sulfonamides is 1. The molecule has 0 spiro atoms. The predicted octanol–water partition coefficient (Wildman–Crippen LogP) is 2.17. The molecule has 1 aromatic carbocycles. The topological polar surface area (TPSA) is 137 Å². The third-order valence-corrected chi connectivity index (χ3v) is 6.71. The maximum absolute atomic E-state index is 12.8. The first kappa shape index (κ1) is 23.6. The van der Waals surface area contributed by atoms with E-state index in [1.807, 2.05) is 11.5 Å². The van der Waals surface area contributed by atoms with Crippen molar-refractivity contribution in [2.24, 2.45) is 5.14 Å². The van der Waals surface area contributed by atoms with Gasteiger partial charge in [0.1, 0.15) is 0 Å². The standard InChI is InChI=1S/C23H25N5O5S/c1-15-13-19(16(2)28(15)17-5-7-18(8-6-17)34(24,31)32)21(29)14-33-23(30)20-9-10-22(26-25-20)27-11-3-4-12-27/h5-10,13H,3-4,11-12,14H2,1-2H3,(H2,24,31,32). The van der Waals surface area contributed by atoms with Crippen LogP contribution in [0.5, 0.6) is 0 Å². The van der Waals surface area contributed by atoms with Gasteiger partial charge < -0.3 is 14.2 Å². The zero-order valence-electron chi connectivity index (χ0n) is 18.9. The smallest absolute Gasteiger partial charge is 0.359 e. The Kier molecular flexibility index (Phi) is 6.49. The molecule has 34 heavy (non-hydrogen) atoms. The van der Waals surface area contributed by atoms with Crippen LogP contribution in [-0.4, -0.2) is 54.6 Å². The summed E-state index contributed by atoms with van der Waals surface area (Å²) >= 11 is 0. The van der Waals surface area contributed by atoms with Crippen molar-refractivity contribution in [2.75, 3.05) is 24.6 Å².